The molecular formula is C16H21N3O3. The minimum Gasteiger partial charge on any atom is -0.493 e. The monoisotopic (exact) mass is 303 g/mol. The van der Waals surface area contributed by atoms with Gasteiger partial charge in [-0.2, -0.15) is 0 Å². The molecule has 0 aliphatic carbocycles. The molecule has 0 amide bonds. The summed E-state index contributed by atoms with van der Waals surface area (Å²) < 4.78 is 11.3. The molecule has 2 aromatic rings. The van der Waals surface area contributed by atoms with E-state index >= 15 is 0 Å². The first kappa shape index (κ1) is 14.8. The van der Waals surface area contributed by atoms with Crippen LogP contribution in [0.5, 0.6) is 11.5 Å². The summed E-state index contributed by atoms with van der Waals surface area (Å²) in [6.45, 7) is 3.45. The number of aryl methyl sites for hydroxylation is 1. The highest BCUT2D eigenvalue weighted by Crippen LogP contribution is 2.31. The number of likely N-dealkylation sites (tertiary alicyclic amines) is 1. The summed E-state index contributed by atoms with van der Waals surface area (Å²) in [4.78, 5) is 21.4. The topological polar surface area (TPSA) is 67.4 Å². The minimum atomic E-state index is -0.159. The van der Waals surface area contributed by atoms with Gasteiger partial charge in [0.05, 0.1) is 18.0 Å². The molecule has 1 N–H and O–H groups in total. The summed E-state index contributed by atoms with van der Waals surface area (Å²) in [6, 6.07) is 3.88. The Morgan fingerprint density at radius 3 is 2.91 bits per heavy atom. The van der Waals surface area contributed by atoms with Crippen LogP contribution in [-0.2, 0) is 0 Å². The van der Waals surface area contributed by atoms with Crippen molar-refractivity contribution in [1.29, 1.82) is 0 Å². The van der Waals surface area contributed by atoms with Gasteiger partial charge in [-0.25, -0.2) is 4.98 Å². The van der Waals surface area contributed by atoms with E-state index < -0.39 is 0 Å². The Kier molecular flexibility index (Phi) is 4.02. The average Bonchev–Trinajstić information content (AvgIpc) is 2.89. The van der Waals surface area contributed by atoms with Gasteiger partial charge in [-0.15, -0.1) is 0 Å². The van der Waals surface area contributed by atoms with Crippen LogP contribution in [0.4, 0.5) is 0 Å². The van der Waals surface area contributed by atoms with Crippen molar-refractivity contribution in [3.05, 3.63) is 28.3 Å². The number of ether oxygens (including phenoxy) is 2. The van der Waals surface area contributed by atoms with Crippen molar-refractivity contribution < 1.29 is 9.47 Å². The van der Waals surface area contributed by atoms with Gasteiger partial charge < -0.3 is 19.4 Å². The number of hydrogen-bond acceptors (Lipinski definition) is 5. The smallest absolute Gasteiger partial charge is 0.258 e. The number of aromatic amines is 1. The molecule has 6 heteroatoms. The van der Waals surface area contributed by atoms with Crippen LogP contribution in [0.2, 0.25) is 0 Å². The Hall–Kier alpha value is -2.08. The highest BCUT2D eigenvalue weighted by atomic mass is 16.5. The molecule has 1 atom stereocenters. The minimum absolute atomic E-state index is 0.159. The van der Waals surface area contributed by atoms with Gasteiger partial charge in [0, 0.05) is 12.1 Å². The molecule has 1 aliphatic rings. The van der Waals surface area contributed by atoms with Crippen LogP contribution in [0.25, 0.3) is 10.9 Å². The molecule has 3 rings (SSSR count). The Labute approximate surface area is 129 Å². The summed E-state index contributed by atoms with van der Waals surface area (Å²) >= 11 is 0. The first-order valence-corrected chi connectivity index (χ1v) is 7.50. The molecule has 1 aliphatic heterocycles. The molecule has 118 valence electrons. The van der Waals surface area contributed by atoms with E-state index in [2.05, 4.69) is 21.9 Å². The maximum absolute atomic E-state index is 12.1. The van der Waals surface area contributed by atoms with Crippen molar-refractivity contribution in [2.24, 2.45) is 0 Å². The van der Waals surface area contributed by atoms with Crippen LogP contribution in [0.15, 0.2) is 16.9 Å². The van der Waals surface area contributed by atoms with Gasteiger partial charge in [0.2, 0.25) is 0 Å². The number of hydrogen-bond donors (Lipinski definition) is 1. The maximum atomic E-state index is 12.1. The lowest BCUT2D eigenvalue weighted by Crippen LogP contribution is -2.30. The number of methoxy groups -OCH3 is 1. The zero-order chi connectivity index (χ0) is 15.7. The lowest BCUT2D eigenvalue weighted by atomic mass is 10.2. The molecule has 1 fully saturated rings. The number of aromatic nitrogens is 2. The fourth-order valence-corrected chi connectivity index (χ4v) is 2.91. The van der Waals surface area contributed by atoms with Crippen molar-refractivity contribution in [3.63, 3.8) is 0 Å². The summed E-state index contributed by atoms with van der Waals surface area (Å²) in [5.74, 6) is 1.78. The van der Waals surface area contributed by atoms with E-state index in [9.17, 15) is 4.79 Å². The molecule has 0 unspecified atom stereocenters. The molecule has 1 aromatic carbocycles. The molecular weight excluding hydrogens is 282 g/mol. The third-order valence-electron chi connectivity index (χ3n) is 4.21. The second kappa shape index (κ2) is 5.96. The van der Waals surface area contributed by atoms with Gasteiger partial charge in [-0.1, -0.05) is 0 Å². The maximum Gasteiger partial charge on any atom is 0.258 e. The quantitative estimate of drug-likeness (QED) is 0.931. The lowest BCUT2D eigenvalue weighted by molar-refractivity contribution is 0.193. The van der Waals surface area contributed by atoms with Crippen LogP contribution < -0.4 is 15.0 Å². The molecule has 1 saturated heterocycles. The molecule has 1 aromatic heterocycles. The number of nitrogens with one attached hydrogen (secondary N) is 1. The van der Waals surface area contributed by atoms with Crippen molar-refractivity contribution in [1.82, 2.24) is 14.9 Å². The van der Waals surface area contributed by atoms with Crippen molar-refractivity contribution in [2.75, 3.05) is 27.3 Å². The van der Waals surface area contributed by atoms with Gasteiger partial charge in [-0.3, -0.25) is 4.79 Å². The van der Waals surface area contributed by atoms with Gasteiger partial charge in [0.25, 0.3) is 5.56 Å². The van der Waals surface area contributed by atoms with Crippen LogP contribution in [-0.4, -0.2) is 48.2 Å². The van der Waals surface area contributed by atoms with Gasteiger partial charge >= 0.3 is 0 Å². The van der Waals surface area contributed by atoms with Crippen molar-refractivity contribution >= 4 is 10.9 Å². The van der Waals surface area contributed by atoms with E-state index in [4.69, 9.17) is 9.47 Å². The largest absolute Gasteiger partial charge is 0.493 e. The van der Waals surface area contributed by atoms with E-state index in [0.717, 1.165) is 13.0 Å². The third kappa shape index (κ3) is 2.78. The zero-order valence-corrected chi connectivity index (χ0v) is 13.2. The first-order valence-electron chi connectivity index (χ1n) is 7.50. The Morgan fingerprint density at radius 2 is 2.23 bits per heavy atom. The van der Waals surface area contributed by atoms with Gasteiger partial charge in [0.1, 0.15) is 12.4 Å². The summed E-state index contributed by atoms with van der Waals surface area (Å²) in [6.07, 6.45) is 2.33. The molecule has 0 bridgehead atoms. The second-order valence-electron chi connectivity index (χ2n) is 5.76. The number of fused-ring (bicyclic) bond motifs is 1. The number of rotatable bonds is 4. The Morgan fingerprint density at radius 1 is 1.41 bits per heavy atom. The van der Waals surface area contributed by atoms with E-state index in [0.29, 0.717) is 40.9 Å². The SMILES string of the molecule is COc1cc2nc(C)[nH]c(=O)c2cc1OC[C@@H]1CCCN1C. The Balaban J connectivity index is 1.92. The van der Waals surface area contributed by atoms with E-state index in [-0.39, 0.29) is 5.56 Å². The third-order valence-corrected chi connectivity index (χ3v) is 4.21. The summed E-state index contributed by atoms with van der Waals surface area (Å²) in [5, 5.41) is 0.515. The predicted molar refractivity (Wildman–Crippen MR) is 84.8 cm³/mol. The van der Waals surface area contributed by atoms with Crippen molar-refractivity contribution in [2.45, 2.75) is 25.8 Å². The summed E-state index contributed by atoms with van der Waals surface area (Å²) in [7, 11) is 3.70. The number of likely N-dealkylation sites (N-methyl/N-ethyl adjacent to an activating group) is 1. The molecule has 22 heavy (non-hydrogen) atoms. The number of nitrogens with zero attached hydrogens (tertiary/aromatic N) is 2. The zero-order valence-electron chi connectivity index (χ0n) is 13.2. The predicted octanol–water partition coefficient (Wildman–Crippen LogP) is 1.71. The standard InChI is InChI=1S/C16H21N3O3/c1-10-17-13-8-14(21-3)15(7-12(13)16(20)18-10)22-9-11-5-4-6-19(11)2/h7-8,11H,4-6,9H2,1-3H3,(H,17,18,20)/t11-/m0/s1. The van der Waals surface area contributed by atoms with E-state index in [1.54, 1.807) is 26.2 Å². The first-order chi connectivity index (χ1) is 10.6. The normalized spacial score (nSPS) is 18.8. The van der Waals surface area contributed by atoms with Crippen molar-refractivity contribution in [3.8, 4) is 11.5 Å². The average molecular weight is 303 g/mol. The highest BCUT2D eigenvalue weighted by Gasteiger charge is 2.22. The highest BCUT2D eigenvalue weighted by molar-refractivity contribution is 5.81. The van der Waals surface area contributed by atoms with Gasteiger partial charge in [-0.05, 0) is 39.4 Å². The molecule has 0 radical (unpaired) electrons. The van der Waals surface area contributed by atoms with Crippen LogP contribution in [0.1, 0.15) is 18.7 Å². The van der Waals surface area contributed by atoms with Crippen LogP contribution in [0, 0.1) is 6.92 Å². The molecule has 6 nitrogen and oxygen atoms in total. The van der Waals surface area contributed by atoms with Gasteiger partial charge in [0.15, 0.2) is 11.5 Å². The number of benzene rings is 1. The van der Waals surface area contributed by atoms with E-state index in [1.165, 1.54) is 6.42 Å². The Bertz CT molecular complexity index is 741. The molecule has 0 spiro atoms. The second-order valence-corrected chi connectivity index (χ2v) is 5.76. The van der Waals surface area contributed by atoms with Crippen LogP contribution >= 0.6 is 0 Å². The molecule has 2 heterocycles. The molecule has 0 saturated carbocycles. The fraction of sp³-hybridized carbons (Fsp3) is 0.500. The lowest BCUT2D eigenvalue weighted by Gasteiger charge is -2.20. The van der Waals surface area contributed by atoms with Crippen LogP contribution in [0.3, 0.4) is 0 Å². The fourth-order valence-electron chi connectivity index (χ4n) is 2.91. The number of H-pyrrole nitrogens is 1. The summed E-state index contributed by atoms with van der Waals surface area (Å²) in [5.41, 5.74) is 0.455. The van der Waals surface area contributed by atoms with E-state index in [1.807, 2.05) is 0 Å².